The summed E-state index contributed by atoms with van der Waals surface area (Å²) in [5.41, 5.74) is 0.492. The number of rotatable bonds is 7. The molecule has 0 atom stereocenters. The van der Waals surface area contributed by atoms with Crippen LogP contribution in [-0.4, -0.2) is 53.1 Å². The van der Waals surface area contributed by atoms with E-state index in [9.17, 15) is 14.4 Å². The van der Waals surface area contributed by atoms with E-state index in [4.69, 9.17) is 0 Å². The minimum atomic E-state index is -0.279. The average molecular weight is 312 g/mol. The molecule has 0 aliphatic carbocycles. The first-order valence-electron chi connectivity index (χ1n) is 6.62. The number of aryl methyl sites for hydroxylation is 1. The second kappa shape index (κ2) is 8.46. The fraction of sp³-hybridized carbons (Fsp3) is 0.538. The normalized spacial score (nSPS) is 10.2. The Labute approximate surface area is 127 Å². The zero-order valence-corrected chi connectivity index (χ0v) is 13.2. The van der Waals surface area contributed by atoms with Crippen LogP contribution in [0.4, 0.5) is 0 Å². The number of nitrogens with one attached hydrogen (secondary N) is 2. The van der Waals surface area contributed by atoms with Crippen LogP contribution in [0.3, 0.4) is 0 Å². The number of thioether (sulfide) groups is 1. The maximum Gasteiger partial charge on any atom is 0.251 e. The van der Waals surface area contributed by atoms with E-state index in [0.717, 1.165) is 24.6 Å². The van der Waals surface area contributed by atoms with Gasteiger partial charge in [0.2, 0.25) is 11.8 Å². The van der Waals surface area contributed by atoms with Gasteiger partial charge in [0.25, 0.3) is 5.56 Å². The predicted octanol–water partition coefficient (Wildman–Crippen LogP) is 0.0189. The fourth-order valence-electron chi connectivity index (χ4n) is 1.45. The third kappa shape index (κ3) is 6.44. The summed E-state index contributed by atoms with van der Waals surface area (Å²) in [4.78, 5) is 42.7. The first-order valence-corrected chi connectivity index (χ1v) is 7.60. The molecule has 2 amide bonds. The zero-order valence-electron chi connectivity index (χ0n) is 12.4. The maximum atomic E-state index is 11.6. The van der Waals surface area contributed by atoms with Crippen molar-refractivity contribution in [1.82, 2.24) is 20.2 Å². The van der Waals surface area contributed by atoms with Gasteiger partial charge in [0, 0.05) is 25.9 Å². The molecule has 0 radical (unpaired) electrons. The first-order chi connectivity index (χ1) is 9.92. The molecule has 1 aromatic heterocycles. The van der Waals surface area contributed by atoms with E-state index in [-0.39, 0.29) is 29.7 Å². The van der Waals surface area contributed by atoms with Crippen molar-refractivity contribution < 1.29 is 9.59 Å². The van der Waals surface area contributed by atoms with Crippen molar-refractivity contribution in [3.05, 3.63) is 22.1 Å². The molecular weight excluding hydrogens is 292 g/mol. The molecule has 0 aliphatic heterocycles. The number of hydrogen-bond acceptors (Lipinski definition) is 5. The van der Waals surface area contributed by atoms with Crippen LogP contribution >= 0.6 is 11.8 Å². The molecule has 1 rings (SSSR count). The van der Waals surface area contributed by atoms with Crippen LogP contribution in [0, 0.1) is 0 Å². The van der Waals surface area contributed by atoms with Gasteiger partial charge < -0.3 is 15.2 Å². The van der Waals surface area contributed by atoms with Gasteiger partial charge in [0.15, 0.2) is 5.16 Å². The van der Waals surface area contributed by atoms with Crippen molar-refractivity contribution in [3.8, 4) is 0 Å². The number of nitrogens with zero attached hydrogens (tertiary/aromatic N) is 2. The molecule has 21 heavy (non-hydrogen) atoms. The molecule has 116 valence electrons. The summed E-state index contributed by atoms with van der Waals surface area (Å²) < 4.78 is 0. The van der Waals surface area contributed by atoms with Crippen molar-refractivity contribution in [1.29, 1.82) is 0 Å². The number of carbonyl (C=O) groups excluding carboxylic acids is 2. The van der Waals surface area contributed by atoms with Gasteiger partial charge in [-0.15, -0.1) is 0 Å². The lowest BCUT2D eigenvalue weighted by molar-refractivity contribution is -0.130. The maximum absolute atomic E-state index is 11.6. The molecule has 0 saturated carbocycles. The minimum Gasteiger partial charge on any atom is -0.347 e. The van der Waals surface area contributed by atoms with E-state index in [1.165, 1.54) is 11.0 Å². The van der Waals surface area contributed by atoms with Gasteiger partial charge in [0.1, 0.15) is 0 Å². The summed E-state index contributed by atoms with van der Waals surface area (Å²) in [5, 5.41) is 2.93. The molecule has 0 bridgehead atoms. The lowest BCUT2D eigenvalue weighted by Gasteiger charge is -2.10. The summed E-state index contributed by atoms with van der Waals surface area (Å²) in [7, 11) is 3.24. The number of likely N-dealkylation sites (N-methyl/N-ethyl adjacent to an activating group) is 1. The number of aromatic nitrogens is 2. The summed E-state index contributed by atoms with van der Waals surface area (Å²) in [6, 6.07) is 1.46. The van der Waals surface area contributed by atoms with Gasteiger partial charge in [0.05, 0.1) is 12.3 Å². The number of amides is 2. The van der Waals surface area contributed by atoms with Crippen molar-refractivity contribution >= 4 is 23.6 Å². The molecule has 1 aromatic rings. The standard InChI is InChI=1S/C13H20N4O3S/c1-4-5-9-6-10(18)16-13(15-9)21-8-11(19)14-7-12(20)17(2)3/h6H,4-5,7-8H2,1-3H3,(H,14,19)(H,15,16,18). The third-order valence-corrected chi connectivity index (χ3v) is 3.43. The average Bonchev–Trinajstić information content (AvgIpc) is 2.42. The third-order valence-electron chi connectivity index (χ3n) is 2.55. The van der Waals surface area contributed by atoms with E-state index in [2.05, 4.69) is 15.3 Å². The van der Waals surface area contributed by atoms with Crippen LogP contribution in [0.1, 0.15) is 19.0 Å². The quantitative estimate of drug-likeness (QED) is 0.547. The van der Waals surface area contributed by atoms with E-state index >= 15 is 0 Å². The van der Waals surface area contributed by atoms with Crippen LogP contribution in [0.2, 0.25) is 0 Å². The molecule has 0 spiro atoms. The van der Waals surface area contributed by atoms with Gasteiger partial charge in [-0.3, -0.25) is 14.4 Å². The molecule has 0 unspecified atom stereocenters. The Kier molecular flexibility index (Phi) is 6.93. The summed E-state index contributed by atoms with van der Waals surface area (Å²) >= 11 is 1.14. The molecule has 0 fully saturated rings. The highest BCUT2D eigenvalue weighted by Gasteiger charge is 2.09. The first kappa shape index (κ1) is 17.2. The Balaban J connectivity index is 2.49. The lowest BCUT2D eigenvalue weighted by atomic mass is 10.2. The highest BCUT2D eigenvalue weighted by molar-refractivity contribution is 7.99. The predicted molar refractivity (Wildman–Crippen MR) is 81.3 cm³/mol. The Hall–Kier alpha value is -1.83. The smallest absolute Gasteiger partial charge is 0.251 e. The van der Waals surface area contributed by atoms with Crippen LogP contribution < -0.4 is 10.9 Å². The van der Waals surface area contributed by atoms with E-state index in [1.54, 1.807) is 14.1 Å². The Morgan fingerprint density at radius 3 is 2.76 bits per heavy atom. The molecule has 0 saturated heterocycles. The topological polar surface area (TPSA) is 95.2 Å². The molecular formula is C13H20N4O3S. The van der Waals surface area contributed by atoms with Crippen molar-refractivity contribution in [2.45, 2.75) is 24.9 Å². The molecule has 2 N–H and O–H groups in total. The molecule has 0 aromatic carbocycles. The van der Waals surface area contributed by atoms with Gasteiger partial charge in [-0.25, -0.2) is 4.98 Å². The van der Waals surface area contributed by atoms with Gasteiger partial charge in [-0.2, -0.15) is 0 Å². The van der Waals surface area contributed by atoms with Crippen LogP contribution in [0.15, 0.2) is 16.0 Å². The molecule has 1 heterocycles. The van der Waals surface area contributed by atoms with E-state index < -0.39 is 0 Å². The second-order valence-corrected chi connectivity index (χ2v) is 5.61. The van der Waals surface area contributed by atoms with Gasteiger partial charge in [-0.1, -0.05) is 25.1 Å². The van der Waals surface area contributed by atoms with E-state index in [1.807, 2.05) is 6.92 Å². The van der Waals surface area contributed by atoms with E-state index in [0.29, 0.717) is 10.9 Å². The highest BCUT2D eigenvalue weighted by atomic mass is 32.2. The summed E-state index contributed by atoms with van der Waals surface area (Å²) in [5.74, 6) is -0.359. The minimum absolute atomic E-state index is 0.0355. The van der Waals surface area contributed by atoms with Crippen LogP contribution in [-0.2, 0) is 16.0 Å². The van der Waals surface area contributed by atoms with Gasteiger partial charge in [-0.05, 0) is 6.42 Å². The Morgan fingerprint density at radius 2 is 2.14 bits per heavy atom. The number of H-pyrrole nitrogens is 1. The highest BCUT2D eigenvalue weighted by Crippen LogP contribution is 2.11. The zero-order chi connectivity index (χ0) is 15.8. The molecule has 7 nitrogen and oxygen atoms in total. The number of hydrogen-bond donors (Lipinski definition) is 2. The number of aromatic amines is 1. The summed E-state index contributed by atoms with van der Waals surface area (Å²) in [6.07, 6.45) is 1.62. The Bertz CT molecular complexity index is 557. The summed E-state index contributed by atoms with van der Waals surface area (Å²) in [6.45, 7) is 1.97. The Morgan fingerprint density at radius 1 is 1.43 bits per heavy atom. The van der Waals surface area contributed by atoms with Crippen LogP contribution in [0.25, 0.3) is 0 Å². The van der Waals surface area contributed by atoms with Crippen molar-refractivity contribution in [3.63, 3.8) is 0 Å². The molecule has 0 aliphatic rings. The van der Waals surface area contributed by atoms with Crippen molar-refractivity contribution in [2.24, 2.45) is 0 Å². The fourth-order valence-corrected chi connectivity index (χ4v) is 2.18. The van der Waals surface area contributed by atoms with Crippen molar-refractivity contribution in [2.75, 3.05) is 26.4 Å². The SMILES string of the molecule is CCCc1cc(=O)[nH]c(SCC(=O)NCC(=O)N(C)C)n1. The van der Waals surface area contributed by atoms with Crippen LogP contribution in [0.5, 0.6) is 0 Å². The molecule has 8 heteroatoms. The number of carbonyl (C=O) groups is 2. The largest absolute Gasteiger partial charge is 0.347 e. The lowest BCUT2D eigenvalue weighted by Crippen LogP contribution is -2.37. The van der Waals surface area contributed by atoms with Gasteiger partial charge >= 0.3 is 0 Å². The monoisotopic (exact) mass is 312 g/mol. The second-order valence-electron chi connectivity index (χ2n) is 4.65.